The number of fused-ring (bicyclic) bond motifs is 2. The molecule has 2 aromatic carbocycles. The number of nitrogens with zero attached hydrogens (tertiary/aromatic N) is 8. The van der Waals surface area contributed by atoms with Gasteiger partial charge in [-0.2, -0.15) is 10.1 Å². The summed E-state index contributed by atoms with van der Waals surface area (Å²) in [7, 11) is 0. The number of piperidine rings is 1. The van der Waals surface area contributed by atoms with Crippen molar-refractivity contribution in [2.24, 2.45) is 5.92 Å². The van der Waals surface area contributed by atoms with E-state index in [-0.39, 0.29) is 35.9 Å². The number of anilines is 3. The van der Waals surface area contributed by atoms with Gasteiger partial charge >= 0.3 is 0 Å². The van der Waals surface area contributed by atoms with E-state index >= 15 is 0 Å². The van der Waals surface area contributed by atoms with Crippen molar-refractivity contribution in [2.45, 2.75) is 50.6 Å². The lowest BCUT2D eigenvalue weighted by atomic mass is 9.98. The number of carbonyl (C=O) groups excluding carboxylic acids is 5. The molecule has 5 amide bonds. The minimum Gasteiger partial charge on any atom is -0.369 e. The Morgan fingerprint density at radius 2 is 1.72 bits per heavy atom. The molecule has 1 unspecified atom stereocenters. The molecule has 4 aliphatic rings. The van der Waals surface area contributed by atoms with Crippen molar-refractivity contribution in [3.8, 4) is 11.3 Å². The van der Waals surface area contributed by atoms with Crippen molar-refractivity contribution < 1.29 is 24.0 Å². The Morgan fingerprint density at radius 3 is 2.48 bits per heavy atom. The summed E-state index contributed by atoms with van der Waals surface area (Å²) in [6, 6.07) is 13.3. The molecule has 6 heterocycles. The van der Waals surface area contributed by atoms with Crippen LogP contribution in [0.4, 0.5) is 17.3 Å². The van der Waals surface area contributed by atoms with Crippen LogP contribution in [0.2, 0.25) is 0 Å². The molecule has 0 spiro atoms. The Bertz CT molecular complexity index is 2530. The predicted molar refractivity (Wildman–Crippen MR) is 221 cm³/mol. The highest BCUT2D eigenvalue weighted by molar-refractivity contribution is 6.23. The number of hydrogen-bond acceptors (Lipinski definition) is 11. The first-order valence-corrected chi connectivity index (χ1v) is 20.4. The summed E-state index contributed by atoms with van der Waals surface area (Å²) < 4.78 is 1.94. The second kappa shape index (κ2) is 16.4. The average molecular weight is 809 g/mol. The summed E-state index contributed by atoms with van der Waals surface area (Å²) in [5.74, 6) is -1.41. The van der Waals surface area contributed by atoms with Crippen LogP contribution in [-0.4, -0.2) is 116 Å². The van der Waals surface area contributed by atoms with Gasteiger partial charge in [0, 0.05) is 86.0 Å². The standard InChI is InChI=1S/C43H44N12O5/c1-44-24-35(26-4-2-3-5-26)54-25-28(23-47-54)37-32-14-15-45-38(32)51-43(50-37)48-29-8-6-27(7-9-29)39(57)46-16-17-52-18-20-53(21-19-52)30-10-11-31-33(22-30)42(60)55(41(31)59)34-12-13-36(56)49-40(34)58/h6-11,14-15,22-23,25-26,34-35H,2-5,12-13,16-21,24H2,(H,46,57)(H,49,56,58)(H2,45,48,50,51)/t34?,35-/m0/s1. The highest BCUT2D eigenvalue weighted by Crippen LogP contribution is 2.36. The number of nitrogens with one attached hydrogen (secondary N) is 4. The minimum absolute atomic E-state index is 0.0452. The van der Waals surface area contributed by atoms with Gasteiger partial charge in [-0.15, -0.1) is 0 Å². The number of piperazine rings is 1. The van der Waals surface area contributed by atoms with Crippen LogP contribution in [0.15, 0.2) is 67.1 Å². The van der Waals surface area contributed by atoms with E-state index in [0.717, 1.165) is 58.8 Å². The molecule has 3 aromatic heterocycles. The fourth-order valence-corrected chi connectivity index (χ4v) is 8.89. The Balaban J connectivity index is 0.766. The van der Waals surface area contributed by atoms with Gasteiger partial charge in [0.2, 0.25) is 24.3 Å². The molecular formula is C43H44N12O5. The Labute approximate surface area is 345 Å². The van der Waals surface area contributed by atoms with Crippen molar-refractivity contribution in [3.63, 3.8) is 0 Å². The molecule has 2 saturated heterocycles. The molecule has 9 rings (SSSR count). The smallest absolute Gasteiger partial charge is 0.262 e. The van der Waals surface area contributed by atoms with Crippen LogP contribution in [0.5, 0.6) is 0 Å². The third kappa shape index (κ3) is 7.57. The molecule has 306 valence electrons. The van der Waals surface area contributed by atoms with Crippen LogP contribution in [-0.2, 0) is 9.59 Å². The number of benzene rings is 2. The number of aromatic amines is 1. The van der Waals surface area contributed by atoms with Crippen LogP contribution < -0.4 is 20.9 Å². The van der Waals surface area contributed by atoms with Gasteiger partial charge in [0.05, 0.1) is 23.0 Å². The average Bonchev–Trinajstić information content (AvgIpc) is 4.10. The van der Waals surface area contributed by atoms with Gasteiger partial charge in [-0.25, -0.2) is 11.6 Å². The summed E-state index contributed by atoms with van der Waals surface area (Å²) >= 11 is 0. The zero-order chi connectivity index (χ0) is 41.3. The zero-order valence-corrected chi connectivity index (χ0v) is 32.9. The predicted octanol–water partition coefficient (Wildman–Crippen LogP) is 4.17. The minimum atomic E-state index is -0.999. The van der Waals surface area contributed by atoms with Crippen molar-refractivity contribution in [3.05, 3.63) is 95.2 Å². The maximum atomic E-state index is 13.3. The number of H-pyrrole nitrogens is 1. The molecule has 3 aliphatic heterocycles. The lowest BCUT2D eigenvalue weighted by Crippen LogP contribution is -2.54. The first-order valence-electron chi connectivity index (χ1n) is 20.4. The summed E-state index contributed by atoms with van der Waals surface area (Å²) in [5, 5.41) is 14.1. The van der Waals surface area contributed by atoms with E-state index in [4.69, 9.17) is 11.6 Å². The Morgan fingerprint density at radius 1 is 0.933 bits per heavy atom. The monoisotopic (exact) mass is 808 g/mol. The summed E-state index contributed by atoms with van der Waals surface area (Å²) in [5.41, 5.74) is 4.85. The topological polar surface area (TPSA) is 195 Å². The van der Waals surface area contributed by atoms with Crippen LogP contribution in [0.1, 0.15) is 75.6 Å². The number of amides is 5. The van der Waals surface area contributed by atoms with Crippen molar-refractivity contribution in [1.82, 2.24) is 45.2 Å². The highest BCUT2D eigenvalue weighted by atomic mass is 16.2. The molecule has 3 fully saturated rings. The van der Waals surface area contributed by atoms with Gasteiger partial charge < -0.3 is 25.4 Å². The Kier molecular flexibility index (Phi) is 10.5. The van der Waals surface area contributed by atoms with Crippen molar-refractivity contribution in [1.29, 1.82) is 0 Å². The zero-order valence-electron chi connectivity index (χ0n) is 32.9. The quantitative estimate of drug-likeness (QED) is 0.104. The van der Waals surface area contributed by atoms with E-state index in [0.29, 0.717) is 55.8 Å². The SMILES string of the molecule is [C-]#[N+]C[C@@H](C1CCCC1)n1cc(-c2nc(Nc3ccc(C(=O)NCCN4CCN(c5ccc6c(c5)C(=O)N(C5CCC(=O)NC5=O)C6=O)CC4)cc3)nc3[nH]ccc23)cn1. The molecule has 2 atom stereocenters. The molecule has 1 aliphatic carbocycles. The van der Waals surface area contributed by atoms with Crippen molar-refractivity contribution >= 4 is 57.9 Å². The van der Waals surface area contributed by atoms with E-state index in [9.17, 15) is 24.0 Å². The number of aromatic nitrogens is 5. The lowest BCUT2D eigenvalue weighted by molar-refractivity contribution is -0.136. The van der Waals surface area contributed by atoms with Crippen LogP contribution in [0.25, 0.3) is 27.1 Å². The van der Waals surface area contributed by atoms with Crippen LogP contribution in [0.3, 0.4) is 0 Å². The fourth-order valence-electron chi connectivity index (χ4n) is 8.89. The molecule has 0 radical (unpaired) electrons. The van der Waals surface area contributed by atoms with E-state index in [2.05, 4.69) is 45.7 Å². The second-order valence-corrected chi connectivity index (χ2v) is 15.8. The summed E-state index contributed by atoms with van der Waals surface area (Å²) in [6.07, 6.45) is 10.4. The molecular weight excluding hydrogens is 765 g/mol. The van der Waals surface area contributed by atoms with Gasteiger partial charge in [0.15, 0.2) is 0 Å². The van der Waals surface area contributed by atoms with Gasteiger partial charge in [-0.05, 0) is 73.7 Å². The Hall–Kier alpha value is -6.93. The molecule has 17 heteroatoms. The van der Waals surface area contributed by atoms with Crippen LogP contribution >= 0.6 is 0 Å². The van der Waals surface area contributed by atoms with E-state index in [1.54, 1.807) is 24.3 Å². The fraction of sp³-hybridized carbons (Fsp3) is 0.372. The first kappa shape index (κ1) is 38.6. The van der Waals surface area contributed by atoms with Crippen molar-refractivity contribution in [2.75, 3.05) is 56.0 Å². The summed E-state index contributed by atoms with van der Waals surface area (Å²) in [4.78, 5) is 85.4. The number of hydrogen-bond donors (Lipinski definition) is 4. The number of imide groups is 2. The maximum absolute atomic E-state index is 13.3. The molecule has 60 heavy (non-hydrogen) atoms. The van der Waals surface area contributed by atoms with Crippen LogP contribution in [0, 0.1) is 12.5 Å². The van der Waals surface area contributed by atoms with E-state index < -0.39 is 29.7 Å². The number of carbonyl (C=O) groups is 5. The largest absolute Gasteiger partial charge is 0.369 e. The third-order valence-corrected chi connectivity index (χ3v) is 12.1. The lowest BCUT2D eigenvalue weighted by Gasteiger charge is -2.36. The molecule has 1 saturated carbocycles. The van der Waals surface area contributed by atoms with E-state index in [1.165, 1.54) is 12.8 Å². The maximum Gasteiger partial charge on any atom is 0.262 e. The molecule has 4 N–H and O–H groups in total. The number of rotatable bonds is 12. The third-order valence-electron chi connectivity index (χ3n) is 12.1. The van der Waals surface area contributed by atoms with Gasteiger partial charge in [0.1, 0.15) is 17.7 Å². The van der Waals surface area contributed by atoms with Gasteiger partial charge in [0.25, 0.3) is 17.7 Å². The molecule has 0 bridgehead atoms. The highest BCUT2D eigenvalue weighted by Gasteiger charge is 2.45. The summed E-state index contributed by atoms with van der Waals surface area (Å²) in [6.45, 7) is 11.9. The normalized spacial score (nSPS) is 19.1. The molecule has 17 nitrogen and oxygen atoms in total. The second-order valence-electron chi connectivity index (χ2n) is 15.8. The van der Waals surface area contributed by atoms with Gasteiger partial charge in [-0.1, -0.05) is 12.8 Å². The van der Waals surface area contributed by atoms with E-state index in [1.807, 2.05) is 47.5 Å². The molecule has 5 aromatic rings. The first-order chi connectivity index (χ1) is 29.2. The van der Waals surface area contributed by atoms with Gasteiger partial charge in [-0.3, -0.25) is 43.8 Å².